The van der Waals surface area contributed by atoms with Gasteiger partial charge in [0.25, 0.3) is 0 Å². The minimum Gasteiger partial charge on any atom is -0.369 e. The zero-order valence-corrected chi connectivity index (χ0v) is 23.5. The lowest BCUT2D eigenvalue weighted by Crippen LogP contribution is -2.44. The van der Waals surface area contributed by atoms with Gasteiger partial charge in [-0.05, 0) is 62.4 Å². The van der Waals surface area contributed by atoms with Crippen LogP contribution >= 0.6 is 0 Å². The smallest absolute Gasteiger partial charge is 0.229 e. The highest BCUT2D eigenvalue weighted by atomic mass is 15.3. The van der Waals surface area contributed by atoms with Crippen molar-refractivity contribution in [2.75, 3.05) is 43.4 Å². The van der Waals surface area contributed by atoms with Gasteiger partial charge in [-0.1, -0.05) is 48.0 Å². The van der Waals surface area contributed by atoms with Gasteiger partial charge < -0.3 is 15.1 Å². The summed E-state index contributed by atoms with van der Waals surface area (Å²) in [6, 6.07) is 9.12. The standard InChI is InChI=1S/C23H29N7.3C2H6/c1-28-8-10-29(11-9-28)20-6-4-19(5-7-20)26-23-24-14-18-15-25-30(22(18)27-23)21-13-16-2-3-17(21)12-16;3*1-2/h4-7,14-17,21H,2-3,8-13H2,1H3,(H,24,26,27);3*1-2H3/t16-,17+,21+;;;/m1.../s1. The van der Waals surface area contributed by atoms with Crippen LogP contribution in [0.1, 0.15) is 73.3 Å². The summed E-state index contributed by atoms with van der Waals surface area (Å²) in [5.74, 6) is 2.30. The molecule has 7 heteroatoms. The van der Waals surface area contributed by atoms with E-state index >= 15 is 0 Å². The van der Waals surface area contributed by atoms with Gasteiger partial charge in [-0.15, -0.1) is 0 Å². The minimum absolute atomic E-state index is 0.506. The lowest BCUT2D eigenvalue weighted by Gasteiger charge is -2.34. The first kappa shape index (κ1) is 27.9. The SMILES string of the molecule is CC.CC.CC.CN1CCN(c2ccc(Nc3ncc4cnn([C@H]5C[C@@H]6CC[C@H]5C6)c4n3)cc2)CC1. The van der Waals surface area contributed by atoms with Crippen molar-refractivity contribution in [3.05, 3.63) is 36.7 Å². The third-order valence-corrected chi connectivity index (χ3v) is 7.34. The van der Waals surface area contributed by atoms with E-state index in [0.29, 0.717) is 12.0 Å². The van der Waals surface area contributed by atoms with Gasteiger partial charge in [0.2, 0.25) is 5.95 Å². The number of hydrogen-bond donors (Lipinski definition) is 1. The Morgan fingerprint density at radius 3 is 2.14 bits per heavy atom. The summed E-state index contributed by atoms with van der Waals surface area (Å²) in [7, 11) is 2.18. The van der Waals surface area contributed by atoms with Crippen LogP contribution in [0.5, 0.6) is 0 Å². The Labute approximate surface area is 218 Å². The Morgan fingerprint density at radius 1 is 0.833 bits per heavy atom. The largest absolute Gasteiger partial charge is 0.369 e. The van der Waals surface area contributed by atoms with Crippen LogP contribution in [-0.4, -0.2) is 57.9 Å². The molecule has 2 aliphatic carbocycles. The highest BCUT2D eigenvalue weighted by Crippen LogP contribution is 2.50. The van der Waals surface area contributed by atoms with E-state index in [9.17, 15) is 0 Å². The molecule has 0 radical (unpaired) electrons. The number of rotatable bonds is 4. The normalized spacial score (nSPS) is 22.6. The van der Waals surface area contributed by atoms with Crippen LogP contribution in [0, 0.1) is 11.8 Å². The van der Waals surface area contributed by atoms with E-state index in [1.165, 1.54) is 31.4 Å². The first-order chi connectivity index (χ1) is 17.7. The molecule has 1 aliphatic heterocycles. The monoisotopic (exact) mass is 493 g/mol. The molecule has 3 atom stereocenters. The Balaban J connectivity index is 0.000000563. The molecule has 0 amide bonds. The highest BCUT2D eigenvalue weighted by molar-refractivity contribution is 5.75. The van der Waals surface area contributed by atoms with Gasteiger partial charge in [0.05, 0.1) is 17.6 Å². The zero-order chi connectivity index (χ0) is 26.1. The minimum atomic E-state index is 0.506. The average molecular weight is 494 g/mol. The molecule has 0 unspecified atom stereocenters. The lowest BCUT2D eigenvalue weighted by molar-refractivity contribution is 0.313. The molecule has 3 aliphatic rings. The maximum absolute atomic E-state index is 4.84. The lowest BCUT2D eigenvalue weighted by atomic mass is 9.95. The summed E-state index contributed by atoms with van der Waals surface area (Å²) in [4.78, 5) is 14.2. The fourth-order valence-corrected chi connectivity index (χ4v) is 5.60. The summed E-state index contributed by atoms with van der Waals surface area (Å²) in [5, 5.41) is 9.10. The summed E-state index contributed by atoms with van der Waals surface area (Å²) < 4.78 is 2.17. The Morgan fingerprint density at radius 2 is 1.53 bits per heavy atom. The molecule has 2 bridgehead atoms. The van der Waals surface area contributed by atoms with Gasteiger partial charge in [-0.3, -0.25) is 0 Å². The van der Waals surface area contributed by atoms with Crippen LogP contribution in [0.2, 0.25) is 0 Å². The van der Waals surface area contributed by atoms with E-state index in [-0.39, 0.29) is 0 Å². The molecule has 3 aromatic rings. The second kappa shape index (κ2) is 13.6. The predicted molar refractivity (Wildman–Crippen MR) is 153 cm³/mol. The molecule has 2 aromatic heterocycles. The first-order valence-corrected chi connectivity index (χ1v) is 14.2. The molecular weight excluding hydrogens is 446 g/mol. The van der Waals surface area contributed by atoms with Crippen LogP contribution in [0.4, 0.5) is 17.3 Å². The topological polar surface area (TPSA) is 62.1 Å². The average Bonchev–Trinajstić information content (AvgIpc) is 3.69. The first-order valence-electron chi connectivity index (χ1n) is 14.2. The van der Waals surface area contributed by atoms with Gasteiger partial charge in [0.15, 0.2) is 5.65 Å². The van der Waals surface area contributed by atoms with Gasteiger partial charge in [0.1, 0.15) is 0 Å². The number of nitrogens with zero attached hydrogens (tertiary/aromatic N) is 6. The van der Waals surface area contributed by atoms with Crippen LogP contribution in [0.15, 0.2) is 36.7 Å². The van der Waals surface area contributed by atoms with Gasteiger partial charge >= 0.3 is 0 Å². The summed E-state index contributed by atoms with van der Waals surface area (Å²) in [6.45, 7) is 16.4. The number of hydrogen-bond acceptors (Lipinski definition) is 6. The summed E-state index contributed by atoms with van der Waals surface area (Å²) in [5.41, 5.74) is 3.25. The molecule has 1 saturated heterocycles. The maximum Gasteiger partial charge on any atom is 0.229 e. The van der Waals surface area contributed by atoms with E-state index in [4.69, 9.17) is 10.1 Å². The third-order valence-electron chi connectivity index (χ3n) is 7.34. The highest BCUT2D eigenvalue weighted by Gasteiger charge is 2.41. The third kappa shape index (κ3) is 6.17. The molecule has 3 fully saturated rings. The fourth-order valence-electron chi connectivity index (χ4n) is 5.60. The molecule has 1 aromatic carbocycles. The van der Waals surface area contributed by atoms with Crippen molar-refractivity contribution in [2.24, 2.45) is 11.8 Å². The molecule has 6 rings (SSSR count). The molecular formula is C29H47N7. The Hall–Kier alpha value is -2.67. The molecule has 198 valence electrons. The number of benzene rings is 1. The Bertz CT molecular complexity index is 1040. The van der Waals surface area contributed by atoms with E-state index in [2.05, 4.69) is 56.1 Å². The molecule has 0 spiro atoms. The van der Waals surface area contributed by atoms with Gasteiger partial charge in [0, 0.05) is 43.8 Å². The molecule has 1 N–H and O–H groups in total. The summed E-state index contributed by atoms with van der Waals surface area (Å²) in [6.07, 6.45) is 9.15. The second-order valence-electron chi connectivity index (χ2n) is 9.27. The van der Waals surface area contributed by atoms with Crippen LogP contribution in [0.25, 0.3) is 11.0 Å². The predicted octanol–water partition coefficient (Wildman–Crippen LogP) is 6.76. The van der Waals surface area contributed by atoms with E-state index in [1.54, 1.807) is 0 Å². The number of aromatic nitrogens is 4. The van der Waals surface area contributed by atoms with Crippen molar-refractivity contribution < 1.29 is 0 Å². The van der Waals surface area contributed by atoms with Gasteiger partial charge in [-0.2, -0.15) is 10.1 Å². The zero-order valence-electron chi connectivity index (χ0n) is 23.5. The van der Waals surface area contributed by atoms with E-state index < -0.39 is 0 Å². The summed E-state index contributed by atoms with van der Waals surface area (Å²) >= 11 is 0. The number of nitrogens with one attached hydrogen (secondary N) is 1. The molecule has 2 saturated carbocycles. The fraction of sp³-hybridized carbons (Fsp3) is 0.621. The Kier molecular flexibility index (Phi) is 10.5. The van der Waals surface area contributed by atoms with Crippen molar-refractivity contribution in [3.8, 4) is 0 Å². The van der Waals surface area contributed by atoms with E-state index in [1.807, 2.05) is 53.9 Å². The van der Waals surface area contributed by atoms with Crippen molar-refractivity contribution >= 4 is 28.4 Å². The quantitative estimate of drug-likeness (QED) is 0.433. The molecule has 36 heavy (non-hydrogen) atoms. The number of anilines is 3. The van der Waals surface area contributed by atoms with Crippen molar-refractivity contribution in [2.45, 2.75) is 73.3 Å². The number of fused-ring (bicyclic) bond motifs is 3. The number of piperazine rings is 1. The van der Waals surface area contributed by atoms with Crippen molar-refractivity contribution in [3.63, 3.8) is 0 Å². The number of likely N-dealkylation sites (N-methyl/N-ethyl adjacent to an activating group) is 1. The molecule has 3 heterocycles. The van der Waals surface area contributed by atoms with E-state index in [0.717, 1.165) is 54.7 Å². The van der Waals surface area contributed by atoms with Crippen LogP contribution in [-0.2, 0) is 0 Å². The van der Waals surface area contributed by atoms with Gasteiger partial charge in [-0.25, -0.2) is 9.67 Å². The van der Waals surface area contributed by atoms with Crippen LogP contribution in [0.3, 0.4) is 0 Å². The van der Waals surface area contributed by atoms with Crippen LogP contribution < -0.4 is 10.2 Å². The van der Waals surface area contributed by atoms with Crippen molar-refractivity contribution in [1.29, 1.82) is 0 Å². The maximum atomic E-state index is 4.84. The molecule has 7 nitrogen and oxygen atoms in total. The second-order valence-corrected chi connectivity index (χ2v) is 9.27. The van der Waals surface area contributed by atoms with Crippen molar-refractivity contribution in [1.82, 2.24) is 24.6 Å².